The summed E-state index contributed by atoms with van der Waals surface area (Å²) in [6.45, 7) is 0.826. The lowest BCUT2D eigenvalue weighted by Gasteiger charge is -2.31. The maximum absolute atomic E-state index is 13.0. The lowest BCUT2D eigenvalue weighted by Crippen LogP contribution is -2.48. The number of benzene rings is 1. The summed E-state index contributed by atoms with van der Waals surface area (Å²) >= 11 is 2.86. The molecule has 2 amide bonds. The second-order valence-corrected chi connectivity index (χ2v) is 7.34. The quantitative estimate of drug-likeness (QED) is 0.747. The molecule has 152 valence electrons. The molecule has 12 heteroatoms. The Bertz CT molecular complexity index is 1050. The monoisotopic (exact) mass is 470 g/mol. The topological polar surface area (TPSA) is 82.8 Å². The van der Waals surface area contributed by atoms with Gasteiger partial charge in [-0.25, -0.2) is 4.98 Å². The molecule has 1 N–H and O–H groups in total. The molecule has 8 nitrogen and oxygen atoms in total. The summed E-state index contributed by atoms with van der Waals surface area (Å²) in [5, 5.41) is 2.43. The van der Waals surface area contributed by atoms with Crippen molar-refractivity contribution in [2.45, 2.75) is 12.7 Å². The van der Waals surface area contributed by atoms with E-state index in [0.717, 1.165) is 6.07 Å². The highest BCUT2D eigenvalue weighted by atomic mass is 79.9. The number of alkyl halides is 3. The number of aromatic nitrogens is 2. The van der Waals surface area contributed by atoms with E-state index in [4.69, 9.17) is 0 Å². The number of carbonyl (C=O) groups excluding carboxylic acids is 2. The summed E-state index contributed by atoms with van der Waals surface area (Å²) in [4.78, 5) is 36.8. The number of halogens is 4. The van der Waals surface area contributed by atoms with E-state index in [1.165, 1.54) is 27.9 Å². The smallest absolute Gasteiger partial charge is 0.325 e. The average molecular weight is 471 g/mol. The van der Waals surface area contributed by atoms with Crippen molar-refractivity contribution >= 4 is 45.2 Å². The van der Waals surface area contributed by atoms with Crippen molar-refractivity contribution < 1.29 is 22.8 Å². The molecular weight excluding hydrogens is 457 g/mol. The first-order chi connectivity index (χ1) is 13.7. The molecule has 29 heavy (non-hydrogen) atoms. The number of nitrogens with one attached hydrogen (secondary N) is 1. The fourth-order valence-corrected chi connectivity index (χ4v) is 3.73. The number of anilines is 2. The minimum atomic E-state index is -4.56. The number of fused-ring (bicyclic) bond motifs is 3. The summed E-state index contributed by atoms with van der Waals surface area (Å²) in [6, 6.07) is 3.41. The van der Waals surface area contributed by atoms with Crippen molar-refractivity contribution in [1.29, 1.82) is 0 Å². The van der Waals surface area contributed by atoms with Crippen molar-refractivity contribution in [3.8, 4) is 0 Å². The van der Waals surface area contributed by atoms with Gasteiger partial charge in [-0.05, 0) is 18.2 Å². The number of nitrogens with zero attached hydrogens (tertiary/aromatic N) is 5. The van der Waals surface area contributed by atoms with E-state index < -0.39 is 17.6 Å². The van der Waals surface area contributed by atoms with Gasteiger partial charge in [0.2, 0.25) is 11.9 Å². The van der Waals surface area contributed by atoms with E-state index in [1.807, 2.05) is 0 Å². The summed E-state index contributed by atoms with van der Waals surface area (Å²) in [5.74, 6) is -0.0194. The third-order valence-electron chi connectivity index (χ3n) is 4.57. The van der Waals surface area contributed by atoms with Crippen LogP contribution in [0.5, 0.6) is 0 Å². The molecule has 0 spiro atoms. The molecule has 3 heterocycles. The molecule has 2 aromatic rings. The Hall–Kier alpha value is -2.89. The van der Waals surface area contributed by atoms with E-state index in [-0.39, 0.29) is 28.3 Å². The van der Waals surface area contributed by atoms with Gasteiger partial charge in [0.05, 0.1) is 18.4 Å². The van der Waals surface area contributed by atoms with E-state index in [9.17, 15) is 22.8 Å². The number of amides is 2. The third kappa shape index (κ3) is 3.37. The van der Waals surface area contributed by atoms with E-state index in [1.54, 1.807) is 11.9 Å². The van der Waals surface area contributed by atoms with Crippen LogP contribution in [0.25, 0.3) is 0 Å². The van der Waals surface area contributed by atoms with Gasteiger partial charge in [-0.15, -0.1) is 0 Å². The number of aliphatic imine (C=N–C) groups is 1. The van der Waals surface area contributed by atoms with Crippen LogP contribution in [-0.4, -0.2) is 52.4 Å². The largest absolute Gasteiger partial charge is 0.417 e. The van der Waals surface area contributed by atoms with Gasteiger partial charge in [-0.1, -0.05) is 15.9 Å². The van der Waals surface area contributed by atoms with Crippen LogP contribution in [0.4, 0.5) is 24.7 Å². The van der Waals surface area contributed by atoms with Crippen molar-refractivity contribution in [1.82, 2.24) is 14.5 Å². The first-order valence-electron chi connectivity index (χ1n) is 8.48. The fraction of sp³-hybridized carbons (Fsp3) is 0.294. The molecule has 1 aromatic heterocycles. The Balaban J connectivity index is 1.56. The normalized spacial score (nSPS) is 15.9. The molecule has 0 fully saturated rings. The number of guanidine groups is 1. The van der Waals surface area contributed by atoms with Crippen LogP contribution in [0.3, 0.4) is 0 Å². The third-order valence-corrected chi connectivity index (χ3v) is 5.26. The van der Waals surface area contributed by atoms with E-state index in [2.05, 4.69) is 31.2 Å². The lowest BCUT2D eigenvalue weighted by molar-refractivity contribution is -0.138. The van der Waals surface area contributed by atoms with Gasteiger partial charge in [-0.2, -0.15) is 13.2 Å². The standard InChI is InChI=1S/C17H14BrF3N6O2/c1-25-15(29)13-14(27-5-4-22-16(25)27)23-8-26(13)7-12(28)24-9-2-3-11(18)10(6-9)17(19,20)21/h2-3,6,8H,4-5,7H2,1H3,(H,24,28). The van der Waals surface area contributed by atoms with Crippen LogP contribution in [0.15, 0.2) is 34.0 Å². The molecular formula is C17H14BrF3N6O2. The minimum Gasteiger partial charge on any atom is -0.325 e. The minimum absolute atomic E-state index is 0.00286. The zero-order valence-corrected chi connectivity index (χ0v) is 16.6. The van der Waals surface area contributed by atoms with Crippen molar-refractivity contribution in [3.63, 3.8) is 0 Å². The Kier molecular flexibility index (Phi) is 4.60. The summed E-state index contributed by atoms with van der Waals surface area (Å²) in [7, 11) is 1.58. The Morgan fingerprint density at radius 2 is 2.10 bits per heavy atom. The highest BCUT2D eigenvalue weighted by molar-refractivity contribution is 9.10. The van der Waals surface area contributed by atoms with Crippen molar-refractivity contribution in [2.75, 3.05) is 30.4 Å². The zero-order chi connectivity index (χ0) is 20.9. The fourth-order valence-electron chi connectivity index (χ4n) is 3.26. The highest BCUT2D eigenvalue weighted by Gasteiger charge is 2.39. The predicted octanol–water partition coefficient (Wildman–Crippen LogP) is 2.56. The summed E-state index contributed by atoms with van der Waals surface area (Å²) in [6.07, 6.45) is -3.20. The van der Waals surface area contributed by atoms with Gasteiger partial charge in [0.1, 0.15) is 6.54 Å². The zero-order valence-electron chi connectivity index (χ0n) is 15.0. The Morgan fingerprint density at radius 3 is 2.83 bits per heavy atom. The van der Waals surface area contributed by atoms with E-state index in [0.29, 0.717) is 24.9 Å². The first kappa shape index (κ1) is 19.4. The molecule has 2 aliphatic heterocycles. The Morgan fingerprint density at radius 1 is 1.34 bits per heavy atom. The molecule has 0 saturated heterocycles. The molecule has 0 atom stereocenters. The van der Waals surface area contributed by atoms with Gasteiger partial charge in [0.15, 0.2) is 11.5 Å². The van der Waals surface area contributed by atoms with Gasteiger partial charge in [0.25, 0.3) is 5.91 Å². The molecule has 1 aromatic carbocycles. The molecule has 0 saturated carbocycles. The van der Waals surface area contributed by atoms with Crippen LogP contribution in [0, 0.1) is 0 Å². The molecule has 0 aliphatic carbocycles. The van der Waals surface area contributed by atoms with Gasteiger partial charge in [0, 0.05) is 23.8 Å². The van der Waals surface area contributed by atoms with Crippen LogP contribution < -0.4 is 10.2 Å². The number of carbonyl (C=O) groups is 2. The Labute approximate surface area is 171 Å². The van der Waals surface area contributed by atoms with Crippen LogP contribution in [-0.2, 0) is 17.5 Å². The maximum atomic E-state index is 13.0. The molecule has 0 bridgehead atoms. The molecule has 0 unspecified atom stereocenters. The number of imidazole rings is 1. The number of hydrogen-bond donors (Lipinski definition) is 1. The van der Waals surface area contributed by atoms with Crippen LogP contribution in [0.2, 0.25) is 0 Å². The summed E-state index contributed by atoms with van der Waals surface area (Å²) in [5.41, 5.74) is -0.667. The number of rotatable bonds is 3. The second kappa shape index (κ2) is 6.87. The maximum Gasteiger partial charge on any atom is 0.417 e. The SMILES string of the molecule is CN1C(=O)c2c(ncn2CC(=O)Nc2ccc(Br)c(C(F)(F)F)c2)N2CCN=C12. The molecule has 0 radical (unpaired) electrons. The number of hydrogen-bond acceptors (Lipinski definition) is 5. The molecule has 2 aliphatic rings. The van der Waals surface area contributed by atoms with Gasteiger partial charge >= 0.3 is 6.18 Å². The lowest BCUT2D eigenvalue weighted by atomic mass is 10.2. The van der Waals surface area contributed by atoms with Crippen LogP contribution >= 0.6 is 15.9 Å². The first-order valence-corrected chi connectivity index (χ1v) is 9.28. The van der Waals surface area contributed by atoms with Crippen molar-refractivity contribution in [2.24, 2.45) is 4.99 Å². The average Bonchev–Trinajstić information content (AvgIpc) is 3.27. The van der Waals surface area contributed by atoms with Crippen LogP contribution in [0.1, 0.15) is 16.1 Å². The van der Waals surface area contributed by atoms with E-state index >= 15 is 0 Å². The molecule has 4 rings (SSSR count). The van der Waals surface area contributed by atoms with Gasteiger partial charge < -0.3 is 9.88 Å². The second-order valence-electron chi connectivity index (χ2n) is 6.48. The highest BCUT2D eigenvalue weighted by Crippen LogP contribution is 2.36. The predicted molar refractivity (Wildman–Crippen MR) is 102 cm³/mol. The van der Waals surface area contributed by atoms with Crippen molar-refractivity contribution in [3.05, 3.63) is 40.3 Å². The van der Waals surface area contributed by atoms with Gasteiger partial charge in [-0.3, -0.25) is 24.4 Å². The summed E-state index contributed by atoms with van der Waals surface area (Å²) < 4.78 is 40.4.